The average Bonchev–Trinajstić information content (AvgIpc) is 2.97. The molecule has 1 unspecified atom stereocenters. The number of nitrogens with zero attached hydrogens (tertiary/aromatic N) is 1. The summed E-state index contributed by atoms with van der Waals surface area (Å²) >= 11 is 3.23. The van der Waals surface area contributed by atoms with Crippen molar-refractivity contribution in [3.63, 3.8) is 0 Å². The van der Waals surface area contributed by atoms with Gasteiger partial charge in [0.05, 0.1) is 17.0 Å². The summed E-state index contributed by atoms with van der Waals surface area (Å²) in [6.45, 7) is 0.126. The van der Waals surface area contributed by atoms with E-state index in [1.807, 2.05) is 22.9 Å². The third-order valence-corrected chi connectivity index (χ3v) is 5.53. The Balaban J connectivity index is 1.57. The number of hydrogen-bond acceptors (Lipinski definition) is 5. The van der Waals surface area contributed by atoms with E-state index < -0.39 is 0 Å². The van der Waals surface area contributed by atoms with Gasteiger partial charge in [-0.25, -0.2) is 4.98 Å². The SMILES string of the molecule is O=C(Cc1csc(-c2cccs2)n1)NC(CCO)C1CC1. The average molecular weight is 322 g/mol. The lowest BCUT2D eigenvalue weighted by Gasteiger charge is -2.16. The number of amides is 1. The highest BCUT2D eigenvalue weighted by molar-refractivity contribution is 7.20. The molecule has 1 fully saturated rings. The van der Waals surface area contributed by atoms with E-state index in [0.29, 0.717) is 18.8 Å². The second kappa shape index (κ2) is 6.68. The van der Waals surface area contributed by atoms with Crippen LogP contribution in [0.5, 0.6) is 0 Å². The van der Waals surface area contributed by atoms with Crippen LogP contribution in [-0.4, -0.2) is 28.6 Å². The summed E-state index contributed by atoms with van der Waals surface area (Å²) in [6, 6.07) is 4.17. The third-order valence-electron chi connectivity index (χ3n) is 3.60. The monoisotopic (exact) mass is 322 g/mol. The molecule has 4 nitrogen and oxygen atoms in total. The number of aliphatic hydroxyl groups excluding tert-OH is 1. The first-order valence-electron chi connectivity index (χ1n) is 7.15. The van der Waals surface area contributed by atoms with E-state index in [4.69, 9.17) is 5.11 Å². The fourth-order valence-electron chi connectivity index (χ4n) is 2.39. The zero-order chi connectivity index (χ0) is 14.7. The maximum atomic E-state index is 12.1. The van der Waals surface area contributed by atoms with Gasteiger partial charge in [0.25, 0.3) is 0 Å². The zero-order valence-electron chi connectivity index (χ0n) is 11.6. The maximum absolute atomic E-state index is 12.1. The van der Waals surface area contributed by atoms with Gasteiger partial charge < -0.3 is 10.4 Å². The van der Waals surface area contributed by atoms with Crippen LogP contribution in [0.15, 0.2) is 22.9 Å². The van der Waals surface area contributed by atoms with E-state index in [0.717, 1.165) is 28.4 Å². The molecular weight excluding hydrogens is 304 g/mol. The summed E-state index contributed by atoms with van der Waals surface area (Å²) in [5.74, 6) is 0.557. The van der Waals surface area contributed by atoms with Crippen molar-refractivity contribution in [3.05, 3.63) is 28.6 Å². The van der Waals surface area contributed by atoms with E-state index in [-0.39, 0.29) is 18.6 Å². The van der Waals surface area contributed by atoms with Crippen LogP contribution in [0.3, 0.4) is 0 Å². The number of aliphatic hydroxyl groups is 1. The topological polar surface area (TPSA) is 62.2 Å². The van der Waals surface area contributed by atoms with Crippen LogP contribution in [0.25, 0.3) is 9.88 Å². The van der Waals surface area contributed by atoms with Gasteiger partial charge in [-0.3, -0.25) is 4.79 Å². The quantitative estimate of drug-likeness (QED) is 0.824. The molecule has 0 radical (unpaired) electrons. The normalized spacial score (nSPS) is 15.9. The Kier molecular flexibility index (Phi) is 4.67. The molecule has 1 saturated carbocycles. The first-order chi connectivity index (χ1) is 10.3. The number of thiophene rings is 1. The Morgan fingerprint density at radius 2 is 2.33 bits per heavy atom. The van der Waals surface area contributed by atoms with Crippen molar-refractivity contribution in [3.8, 4) is 9.88 Å². The summed E-state index contributed by atoms with van der Waals surface area (Å²) < 4.78 is 0. The van der Waals surface area contributed by atoms with Crippen LogP contribution in [0.1, 0.15) is 25.0 Å². The highest BCUT2D eigenvalue weighted by Gasteiger charge is 2.31. The van der Waals surface area contributed by atoms with E-state index >= 15 is 0 Å². The highest BCUT2D eigenvalue weighted by atomic mass is 32.1. The molecule has 2 N–H and O–H groups in total. The summed E-state index contributed by atoms with van der Waals surface area (Å²) in [6.07, 6.45) is 3.28. The molecule has 0 spiro atoms. The fraction of sp³-hybridized carbons (Fsp3) is 0.467. The summed E-state index contributed by atoms with van der Waals surface area (Å²) in [5, 5.41) is 17.1. The van der Waals surface area contributed by atoms with Crippen LogP contribution in [-0.2, 0) is 11.2 Å². The highest BCUT2D eigenvalue weighted by Crippen LogP contribution is 2.34. The number of rotatable bonds is 7. The molecule has 1 aliphatic carbocycles. The molecule has 2 aromatic rings. The molecule has 1 amide bonds. The zero-order valence-corrected chi connectivity index (χ0v) is 13.3. The number of thiazole rings is 1. The van der Waals surface area contributed by atoms with Crippen LogP contribution >= 0.6 is 22.7 Å². The molecule has 0 aromatic carbocycles. The lowest BCUT2D eigenvalue weighted by atomic mass is 10.1. The first-order valence-corrected chi connectivity index (χ1v) is 8.90. The lowest BCUT2D eigenvalue weighted by molar-refractivity contribution is -0.121. The van der Waals surface area contributed by atoms with Crippen molar-refractivity contribution in [1.29, 1.82) is 0 Å². The Morgan fingerprint density at radius 1 is 1.48 bits per heavy atom. The van der Waals surface area contributed by atoms with E-state index in [1.54, 1.807) is 22.7 Å². The standard InChI is InChI=1S/C15H18N2O2S2/c18-6-5-12(10-3-4-10)17-14(19)8-11-9-21-15(16-11)13-2-1-7-20-13/h1-2,7,9-10,12,18H,3-6,8H2,(H,17,19). The minimum Gasteiger partial charge on any atom is -0.396 e. The van der Waals surface area contributed by atoms with Crippen LogP contribution < -0.4 is 5.32 Å². The molecule has 0 aliphatic heterocycles. The number of aromatic nitrogens is 1. The molecule has 112 valence electrons. The second-order valence-corrected chi connectivity index (χ2v) is 7.13. The molecule has 21 heavy (non-hydrogen) atoms. The smallest absolute Gasteiger partial charge is 0.226 e. The van der Waals surface area contributed by atoms with Crippen molar-refractivity contribution in [2.45, 2.75) is 31.7 Å². The first kappa shape index (κ1) is 14.7. The van der Waals surface area contributed by atoms with Gasteiger partial charge in [-0.15, -0.1) is 22.7 Å². The largest absolute Gasteiger partial charge is 0.396 e. The summed E-state index contributed by atoms with van der Waals surface area (Å²) in [7, 11) is 0. The predicted octanol–water partition coefficient (Wildman–Crippen LogP) is 2.69. The van der Waals surface area contributed by atoms with Crippen LogP contribution in [0.2, 0.25) is 0 Å². The van der Waals surface area contributed by atoms with Crippen LogP contribution in [0, 0.1) is 5.92 Å². The molecule has 6 heteroatoms. The Bertz CT molecular complexity index is 591. The Hall–Kier alpha value is -1.24. The minimum absolute atomic E-state index is 0.00313. The van der Waals surface area contributed by atoms with Gasteiger partial charge in [-0.2, -0.15) is 0 Å². The molecule has 3 rings (SSSR count). The van der Waals surface area contributed by atoms with Gasteiger partial charge in [0.2, 0.25) is 5.91 Å². The van der Waals surface area contributed by atoms with Crippen LogP contribution in [0.4, 0.5) is 0 Å². The molecule has 0 bridgehead atoms. The summed E-state index contributed by atoms with van der Waals surface area (Å²) in [4.78, 5) is 17.8. The van der Waals surface area contributed by atoms with E-state index in [9.17, 15) is 4.79 Å². The Morgan fingerprint density at radius 3 is 3.00 bits per heavy atom. The molecular formula is C15H18N2O2S2. The maximum Gasteiger partial charge on any atom is 0.226 e. The number of carbonyl (C=O) groups excluding carboxylic acids is 1. The molecule has 0 saturated heterocycles. The molecule has 1 aliphatic rings. The van der Waals surface area contributed by atoms with Crippen molar-refractivity contribution in [2.24, 2.45) is 5.92 Å². The fourth-order valence-corrected chi connectivity index (χ4v) is 4.02. The third kappa shape index (κ3) is 3.90. The lowest BCUT2D eigenvalue weighted by Crippen LogP contribution is -2.38. The predicted molar refractivity (Wildman–Crippen MR) is 85.5 cm³/mol. The molecule has 1 atom stereocenters. The van der Waals surface area contributed by atoms with E-state index in [2.05, 4.69) is 10.3 Å². The van der Waals surface area contributed by atoms with Crippen molar-refractivity contribution in [1.82, 2.24) is 10.3 Å². The van der Waals surface area contributed by atoms with Gasteiger partial charge in [0.15, 0.2) is 0 Å². The molecule has 2 aromatic heterocycles. The van der Waals surface area contributed by atoms with Gasteiger partial charge >= 0.3 is 0 Å². The minimum atomic E-state index is 0.00313. The molecule has 2 heterocycles. The number of carbonyl (C=O) groups is 1. The van der Waals surface area contributed by atoms with E-state index in [1.165, 1.54) is 0 Å². The van der Waals surface area contributed by atoms with Gasteiger partial charge in [0.1, 0.15) is 5.01 Å². The Labute approximate surface area is 131 Å². The van der Waals surface area contributed by atoms with Crippen molar-refractivity contribution >= 4 is 28.6 Å². The number of nitrogens with one attached hydrogen (secondary N) is 1. The van der Waals surface area contributed by atoms with Gasteiger partial charge in [-0.05, 0) is 36.6 Å². The van der Waals surface area contributed by atoms with Gasteiger partial charge in [-0.1, -0.05) is 6.07 Å². The van der Waals surface area contributed by atoms with Crippen molar-refractivity contribution < 1.29 is 9.90 Å². The number of hydrogen-bond donors (Lipinski definition) is 2. The second-order valence-electron chi connectivity index (χ2n) is 5.32. The van der Waals surface area contributed by atoms with Crippen molar-refractivity contribution in [2.75, 3.05) is 6.61 Å². The van der Waals surface area contributed by atoms with Gasteiger partial charge in [0, 0.05) is 18.0 Å². The summed E-state index contributed by atoms with van der Waals surface area (Å²) in [5.41, 5.74) is 0.819.